The van der Waals surface area contributed by atoms with Crippen LogP contribution in [0.4, 0.5) is 0 Å². The molecule has 0 aliphatic carbocycles. The Bertz CT molecular complexity index is 696. The van der Waals surface area contributed by atoms with Gasteiger partial charge in [0, 0.05) is 28.7 Å². The summed E-state index contributed by atoms with van der Waals surface area (Å²) in [5, 5.41) is 3.50. The number of hydrogen-bond donors (Lipinski definition) is 1. The number of halogens is 1. The molecule has 1 amide bonds. The molecular weight excluding hydrogens is 326 g/mol. The third kappa shape index (κ3) is 4.93. The molecule has 0 bridgehead atoms. The van der Waals surface area contributed by atoms with Gasteiger partial charge in [0.15, 0.2) is 6.10 Å². The zero-order valence-corrected chi connectivity index (χ0v) is 15.1. The maximum atomic E-state index is 12.2. The number of nitrogens with one attached hydrogen (secondary N) is 1. The smallest absolute Gasteiger partial charge is 0.261 e. The number of rotatable bonds is 5. The monoisotopic (exact) mass is 347 g/mol. The first-order valence-electron chi connectivity index (χ1n) is 7.76. The number of nitrogens with zero attached hydrogens (tertiary/aromatic N) is 2. The third-order valence-corrected chi connectivity index (χ3v) is 3.70. The second-order valence-electron chi connectivity index (χ2n) is 6.58. The normalized spacial score (nSPS) is 12.5. The van der Waals surface area contributed by atoms with Crippen molar-refractivity contribution in [3.8, 4) is 5.75 Å². The summed E-state index contributed by atoms with van der Waals surface area (Å²) in [6.45, 7) is 8.30. The summed E-state index contributed by atoms with van der Waals surface area (Å²) in [4.78, 5) is 20.6. The number of carbonyl (C=O) groups excluding carboxylic acids is 1. The van der Waals surface area contributed by atoms with E-state index in [4.69, 9.17) is 16.3 Å². The lowest BCUT2D eigenvalue weighted by Gasteiger charge is -2.21. The molecule has 1 atom stereocenters. The van der Waals surface area contributed by atoms with Crippen molar-refractivity contribution in [3.63, 3.8) is 0 Å². The molecule has 1 aromatic carbocycles. The molecular formula is C18H22ClN3O2. The largest absolute Gasteiger partial charge is 0.481 e. The molecule has 0 spiro atoms. The van der Waals surface area contributed by atoms with Crippen LogP contribution in [0.2, 0.25) is 5.02 Å². The molecule has 24 heavy (non-hydrogen) atoms. The van der Waals surface area contributed by atoms with Gasteiger partial charge in [-0.25, -0.2) is 9.97 Å². The molecule has 1 N–H and O–H groups in total. The lowest BCUT2D eigenvalue weighted by molar-refractivity contribution is -0.127. The number of hydrogen-bond acceptors (Lipinski definition) is 4. The van der Waals surface area contributed by atoms with E-state index >= 15 is 0 Å². The van der Waals surface area contributed by atoms with Gasteiger partial charge in [-0.15, -0.1) is 0 Å². The van der Waals surface area contributed by atoms with Crippen LogP contribution in [0.25, 0.3) is 0 Å². The second-order valence-corrected chi connectivity index (χ2v) is 7.01. The Labute approximate surface area is 147 Å². The summed E-state index contributed by atoms with van der Waals surface area (Å²) in [7, 11) is 0. The average Bonchev–Trinajstić information content (AvgIpc) is 2.54. The van der Waals surface area contributed by atoms with E-state index in [1.54, 1.807) is 37.4 Å². The Morgan fingerprint density at radius 1 is 1.29 bits per heavy atom. The van der Waals surface area contributed by atoms with Crippen molar-refractivity contribution >= 4 is 17.5 Å². The molecule has 0 aliphatic heterocycles. The first kappa shape index (κ1) is 18.2. The van der Waals surface area contributed by atoms with E-state index in [-0.39, 0.29) is 11.3 Å². The molecule has 0 saturated heterocycles. The summed E-state index contributed by atoms with van der Waals surface area (Å²) in [5.41, 5.74) is 1.70. The predicted octanol–water partition coefficient (Wildman–Crippen LogP) is 3.51. The van der Waals surface area contributed by atoms with Crippen LogP contribution in [0.5, 0.6) is 5.75 Å². The van der Waals surface area contributed by atoms with Gasteiger partial charge < -0.3 is 10.1 Å². The SMILES string of the molecule is CC(Oc1ccc(Cl)cc1)C(=O)NCc1cncnc1C(C)(C)C. The molecule has 2 aromatic rings. The van der Waals surface area contributed by atoms with E-state index in [1.165, 1.54) is 6.33 Å². The van der Waals surface area contributed by atoms with Crippen LogP contribution in [-0.4, -0.2) is 22.0 Å². The molecule has 1 aromatic heterocycles. The Morgan fingerprint density at radius 2 is 1.96 bits per heavy atom. The van der Waals surface area contributed by atoms with Gasteiger partial charge in [0.2, 0.25) is 0 Å². The summed E-state index contributed by atoms with van der Waals surface area (Å²) in [5.74, 6) is 0.397. The van der Waals surface area contributed by atoms with Crippen molar-refractivity contribution < 1.29 is 9.53 Å². The van der Waals surface area contributed by atoms with E-state index in [9.17, 15) is 4.79 Å². The van der Waals surface area contributed by atoms with Gasteiger partial charge in [-0.05, 0) is 31.2 Å². The second kappa shape index (κ2) is 7.62. The fraction of sp³-hybridized carbons (Fsp3) is 0.389. The van der Waals surface area contributed by atoms with Crippen molar-refractivity contribution in [3.05, 3.63) is 53.1 Å². The topological polar surface area (TPSA) is 64.1 Å². The van der Waals surface area contributed by atoms with Gasteiger partial charge in [-0.2, -0.15) is 0 Å². The molecule has 1 unspecified atom stereocenters. The number of carbonyl (C=O) groups is 1. The molecule has 128 valence electrons. The zero-order chi connectivity index (χ0) is 17.7. The highest BCUT2D eigenvalue weighted by Gasteiger charge is 2.21. The first-order valence-corrected chi connectivity index (χ1v) is 8.14. The molecule has 6 heteroatoms. The van der Waals surface area contributed by atoms with E-state index in [1.807, 2.05) is 0 Å². The minimum Gasteiger partial charge on any atom is -0.481 e. The number of aromatic nitrogens is 2. The molecule has 5 nitrogen and oxygen atoms in total. The maximum absolute atomic E-state index is 12.2. The van der Waals surface area contributed by atoms with Crippen molar-refractivity contribution in [2.45, 2.75) is 45.8 Å². The lowest BCUT2D eigenvalue weighted by Crippen LogP contribution is -2.36. The summed E-state index contributed by atoms with van der Waals surface area (Å²) in [6, 6.07) is 6.90. The van der Waals surface area contributed by atoms with Crippen LogP contribution < -0.4 is 10.1 Å². The summed E-state index contributed by atoms with van der Waals surface area (Å²) in [6.07, 6.45) is 2.64. The van der Waals surface area contributed by atoms with Crippen LogP contribution in [0.15, 0.2) is 36.8 Å². The molecule has 2 rings (SSSR count). The Hall–Kier alpha value is -2.14. The molecule has 1 heterocycles. The van der Waals surface area contributed by atoms with Crippen LogP contribution in [0.3, 0.4) is 0 Å². The fourth-order valence-corrected chi connectivity index (χ4v) is 2.39. The highest BCUT2D eigenvalue weighted by Crippen LogP contribution is 2.22. The van der Waals surface area contributed by atoms with Gasteiger partial charge in [-0.3, -0.25) is 4.79 Å². The minimum absolute atomic E-state index is 0.117. The highest BCUT2D eigenvalue weighted by molar-refractivity contribution is 6.30. The molecule has 0 saturated carbocycles. The van der Waals surface area contributed by atoms with Crippen molar-refractivity contribution in [1.29, 1.82) is 0 Å². The van der Waals surface area contributed by atoms with E-state index in [2.05, 4.69) is 36.1 Å². The van der Waals surface area contributed by atoms with Gasteiger partial charge in [-0.1, -0.05) is 32.4 Å². The van der Waals surface area contributed by atoms with Crippen molar-refractivity contribution in [2.75, 3.05) is 0 Å². The Morgan fingerprint density at radius 3 is 2.58 bits per heavy atom. The minimum atomic E-state index is -0.617. The summed E-state index contributed by atoms with van der Waals surface area (Å²) < 4.78 is 5.62. The number of benzene rings is 1. The van der Waals surface area contributed by atoms with Crippen molar-refractivity contribution in [1.82, 2.24) is 15.3 Å². The van der Waals surface area contributed by atoms with Crippen molar-refractivity contribution in [2.24, 2.45) is 0 Å². The zero-order valence-electron chi connectivity index (χ0n) is 14.3. The van der Waals surface area contributed by atoms with Gasteiger partial charge in [0.1, 0.15) is 12.1 Å². The van der Waals surface area contributed by atoms with Crippen LogP contribution in [0, 0.1) is 0 Å². The van der Waals surface area contributed by atoms with E-state index < -0.39 is 6.10 Å². The Kier molecular flexibility index (Phi) is 5.78. The maximum Gasteiger partial charge on any atom is 0.261 e. The van der Waals surface area contributed by atoms with E-state index in [0.29, 0.717) is 17.3 Å². The quantitative estimate of drug-likeness (QED) is 0.898. The van der Waals surface area contributed by atoms with E-state index in [0.717, 1.165) is 11.3 Å². The summed E-state index contributed by atoms with van der Waals surface area (Å²) >= 11 is 5.83. The third-order valence-electron chi connectivity index (χ3n) is 3.45. The Balaban J connectivity index is 1.97. The van der Waals surface area contributed by atoms with Gasteiger partial charge in [0.05, 0.1) is 5.69 Å². The van der Waals surface area contributed by atoms with Gasteiger partial charge >= 0.3 is 0 Å². The molecule has 0 fully saturated rings. The number of ether oxygens (including phenoxy) is 1. The average molecular weight is 348 g/mol. The standard InChI is InChI=1S/C18H22ClN3O2/c1-12(24-15-7-5-14(19)6-8-15)17(23)21-10-13-9-20-11-22-16(13)18(2,3)4/h5-9,11-12H,10H2,1-4H3,(H,21,23). The van der Waals surface area contributed by atoms with Gasteiger partial charge in [0.25, 0.3) is 5.91 Å². The first-order chi connectivity index (χ1) is 11.3. The highest BCUT2D eigenvalue weighted by atomic mass is 35.5. The lowest BCUT2D eigenvalue weighted by atomic mass is 9.89. The van der Waals surface area contributed by atoms with Crippen LogP contribution in [0.1, 0.15) is 39.0 Å². The fourth-order valence-electron chi connectivity index (χ4n) is 2.26. The molecule has 0 radical (unpaired) electrons. The predicted molar refractivity (Wildman–Crippen MR) is 94.1 cm³/mol. The molecule has 0 aliphatic rings. The van der Waals surface area contributed by atoms with Crippen LogP contribution >= 0.6 is 11.6 Å². The van der Waals surface area contributed by atoms with Crippen LogP contribution in [-0.2, 0) is 16.8 Å². The number of amides is 1.